The summed E-state index contributed by atoms with van der Waals surface area (Å²) in [6, 6.07) is 6.83. The Morgan fingerprint density at radius 3 is 2.44 bits per heavy atom. The fourth-order valence-electron chi connectivity index (χ4n) is 5.18. The van der Waals surface area contributed by atoms with E-state index < -0.39 is 29.1 Å². The minimum atomic E-state index is -1.02. The van der Waals surface area contributed by atoms with Gasteiger partial charge in [-0.05, 0) is 62.4 Å². The van der Waals surface area contributed by atoms with Crippen molar-refractivity contribution in [1.29, 1.82) is 0 Å². The highest BCUT2D eigenvalue weighted by Crippen LogP contribution is 2.41. The zero-order chi connectivity index (χ0) is 28.2. The summed E-state index contributed by atoms with van der Waals surface area (Å²) >= 11 is 0. The third kappa shape index (κ3) is 6.47. The van der Waals surface area contributed by atoms with Crippen LogP contribution in [0.2, 0.25) is 0 Å². The third-order valence-corrected chi connectivity index (χ3v) is 7.63. The summed E-state index contributed by atoms with van der Waals surface area (Å²) in [6.07, 6.45) is 3.47. The van der Waals surface area contributed by atoms with Gasteiger partial charge in [-0.1, -0.05) is 11.8 Å². The van der Waals surface area contributed by atoms with E-state index in [9.17, 15) is 23.4 Å². The van der Waals surface area contributed by atoms with Crippen LogP contribution in [0.1, 0.15) is 42.9 Å². The maximum atomic E-state index is 13.8. The second kappa shape index (κ2) is 12.2. The van der Waals surface area contributed by atoms with Crippen LogP contribution < -0.4 is 9.64 Å². The molecule has 1 saturated heterocycles. The van der Waals surface area contributed by atoms with Crippen LogP contribution in [0.4, 0.5) is 18.9 Å². The summed E-state index contributed by atoms with van der Waals surface area (Å²) in [4.78, 5) is 8.53. The molecular weight excluding hydrogens is 507 g/mol. The topological polar surface area (TPSA) is 69.1 Å². The number of aliphatic hydroxyl groups excluding tert-OH is 2. The van der Waals surface area contributed by atoms with Gasteiger partial charge in [0, 0.05) is 43.8 Å². The highest BCUT2D eigenvalue weighted by atomic mass is 19.1. The van der Waals surface area contributed by atoms with Gasteiger partial charge in [0.15, 0.2) is 0 Å². The molecule has 0 bridgehead atoms. The molecule has 3 aromatic rings. The predicted molar refractivity (Wildman–Crippen MR) is 145 cm³/mol. The number of anilines is 1. The number of nitrogens with zero attached hydrogens (tertiary/aromatic N) is 3. The normalized spacial score (nSPS) is 16.0. The van der Waals surface area contributed by atoms with Crippen molar-refractivity contribution in [1.82, 2.24) is 9.88 Å². The molecule has 9 heteroatoms. The highest BCUT2D eigenvalue weighted by Gasteiger charge is 2.34. The van der Waals surface area contributed by atoms with Crippen LogP contribution >= 0.6 is 0 Å². The number of likely N-dealkylation sites (tertiary alicyclic amines) is 1. The number of benzene rings is 2. The molecule has 1 atom stereocenters. The molecule has 2 aromatic carbocycles. The van der Waals surface area contributed by atoms with Gasteiger partial charge in [0.2, 0.25) is 0 Å². The molecule has 1 aromatic heterocycles. The van der Waals surface area contributed by atoms with Crippen LogP contribution in [0.15, 0.2) is 36.5 Å². The Morgan fingerprint density at radius 2 is 1.82 bits per heavy atom. The van der Waals surface area contributed by atoms with E-state index in [1.807, 2.05) is 37.2 Å². The first-order valence-corrected chi connectivity index (χ1v) is 12.9. The van der Waals surface area contributed by atoms with Gasteiger partial charge >= 0.3 is 0 Å². The summed E-state index contributed by atoms with van der Waals surface area (Å²) in [7, 11) is 5.42. The van der Waals surface area contributed by atoms with Crippen LogP contribution in [0.5, 0.6) is 5.75 Å². The number of methoxy groups -OCH3 is 1. The SMILES string of the molecule is COc1ccc2ncc(N(C)C)c(C(O)CCC3(CO)CCN(CC#Cc4c(F)cc(F)cc4F)CC3)c2c1. The van der Waals surface area contributed by atoms with Gasteiger partial charge in [-0.25, -0.2) is 13.2 Å². The Morgan fingerprint density at radius 1 is 1.13 bits per heavy atom. The van der Waals surface area contributed by atoms with Gasteiger partial charge in [-0.3, -0.25) is 9.88 Å². The number of aromatic nitrogens is 1. The largest absolute Gasteiger partial charge is 0.497 e. The average molecular weight is 542 g/mol. The molecule has 1 aliphatic rings. The summed E-state index contributed by atoms with van der Waals surface area (Å²) in [6.45, 7) is 1.60. The Hall–Kier alpha value is -3.32. The van der Waals surface area contributed by atoms with Gasteiger partial charge in [0.25, 0.3) is 0 Å². The smallest absolute Gasteiger partial charge is 0.144 e. The Kier molecular flexibility index (Phi) is 9.01. The highest BCUT2D eigenvalue weighted by molar-refractivity contribution is 5.88. The van der Waals surface area contributed by atoms with Crippen molar-refractivity contribution >= 4 is 16.6 Å². The Bertz CT molecular complexity index is 1360. The monoisotopic (exact) mass is 541 g/mol. The van der Waals surface area contributed by atoms with E-state index in [-0.39, 0.29) is 12.0 Å². The van der Waals surface area contributed by atoms with Crippen molar-refractivity contribution in [3.05, 3.63) is 65.1 Å². The summed E-state index contributed by atoms with van der Waals surface area (Å²) in [5.41, 5.74) is 1.58. The number of hydrogen-bond acceptors (Lipinski definition) is 6. The Labute approximate surface area is 227 Å². The molecule has 2 heterocycles. The van der Waals surface area contributed by atoms with Crippen LogP contribution in [0.3, 0.4) is 0 Å². The van der Waals surface area contributed by atoms with Gasteiger partial charge in [-0.15, -0.1) is 0 Å². The van der Waals surface area contributed by atoms with Crippen molar-refractivity contribution in [3.8, 4) is 17.6 Å². The van der Waals surface area contributed by atoms with E-state index in [0.717, 1.165) is 22.2 Å². The first-order chi connectivity index (χ1) is 18.7. The average Bonchev–Trinajstić information content (AvgIpc) is 2.92. The molecule has 2 N–H and O–H groups in total. The number of fused-ring (bicyclic) bond motifs is 1. The van der Waals surface area contributed by atoms with Gasteiger partial charge in [0.1, 0.15) is 23.2 Å². The number of ether oxygens (including phenoxy) is 1. The molecular formula is C30H34F3N3O3. The second-order valence-electron chi connectivity index (χ2n) is 10.4. The van der Waals surface area contributed by atoms with Gasteiger partial charge < -0.3 is 19.8 Å². The summed E-state index contributed by atoms with van der Waals surface area (Å²) in [5.74, 6) is 2.92. The molecule has 208 valence electrons. The molecule has 4 rings (SSSR count). The van der Waals surface area contributed by atoms with E-state index in [2.05, 4.69) is 21.7 Å². The minimum absolute atomic E-state index is 0.00328. The number of rotatable bonds is 8. The fraction of sp³-hybridized carbons (Fsp3) is 0.433. The van der Waals surface area contributed by atoms with Crippen molar-refractivity contribution in [3.63, 3.8) is 0 Å². The number of hydrogen-bond donors (Lipinski definition) is 2. The number of aliphatic hydroxyl groups is 2. The van der Waals surface area contributed by atoms with E-state index in [1.54, 1.807) is 13.3 Å². The number of piperidine rings is 1. The lowest BCUT2D eigenvalue weighted by Gasteiger charge is -2.40. The standard InChI is InChI=1S/C30H34F3N3O3/c1-35(2)27-18-34-26-7-6-21(39-3)17-23(26)29(27)28(38)8-9-30(19-37)10-13-36(14-11-30)12-4-5-22-24(32)15-20(31)16-25(22)33/h6-7,15-18,28,37-38H,8-14,19H2,1-3H3. The fourth-order valence-corrected chi connectivity index (χ4v) is 5.18. The van der Waals surface area contributed by atoms with Crippen LogP contribution in [-0.2, 0) is 0 Å². The molecule has 0 aliphatic carbocycles. The van der Waals surface area contributed by atoms with E-state index in [1.165, 1.54) is 0 Å². The zero-order valence-electron chi connectivity index (χ0n) is 22.5. The van der Waals surface area contributed by atoms with Crippen molar-refractivity contribution in [2.45, 2.75) is 31.8 Å². The maximum Gasteiger partial charge on any atom is 0.144 e. The number of pyridine rings is 1. The van der Waals surface area contributed by atoms with E-state index in [4.69, 9.17) is 4.74 Å². The zero-order valence-corrected chi connectivity index (χ0v) is 22.5. The lowest BCUT2D eigenvalue weighted by Crippen LogP contribution is -2.42. The van der Waals surface area contributed by atoms with Crippen LogP contribution in [-0.4, -0.2) is 67.5 Å². The molecule has 1 unspecified atom stereocenters. The molecule has 1 aliphatic heterocycles. The maximum absolute atomic E-state index is 13.8. The molecule has 0 amide bonds. The van der Waals surface area contributed by atoms with Crippen molar-refractivity contribution < 1.29 is 28.1 Å². The Balaban J connectivity index is 1.43. The first-order valence-electron chi connectivity index (χ1n) is 12.9. The van der Waals surface area contributed by atoms with Gasteiger partial charge in [0.05, 0.1) is 42.7 Å². The molecule has 0 spiro atoms. The first kappa shape index (κ1) is 28.7. The van der Waals surface area contributed by atoms with Gasteiger partial charge in [-0.2, -0.15) is 0 Å². The second-order valence-corrected chi connectivity index (χ2v) is 10.4. The molecule has 39 heavy (non-hydrogen) atoms. The lowest BCUT2D eigenvalue weighted by atomic mass is 9.74. The van der Waals surface area contributed by atoms with E-state index >= 15 is 0 Å². The lowest BCUT2D eigenvalue weighted by molar-refractivity contribution is 0.0274. The summed E-state index contributed by atoms with van der Waals surface area (Å²) < 4.78 is 46.2. The van der Waals surface area contributed by atoms with Crippen LogP contribution in [0, 0.1) is 34.7 Å². The van der Waals surface area contributed by atoms with Crippen LogP contribution in [0.25, 0.3) is 10.9 Å². The minimum Gasteiger partial charge on any atom is -0.497 e. The van der Waals surface area contributed by atoms with Crippen molar-refractivity contribution in [2.75, 3.05) is 52.3 Å². The third-order valence-electron chi connectivity index (χ3n) is 7.63. The quantitative estimate of drug-likeness (QED) is 0.404. The van der Waals surface area contributed by atoms with E-state index in [0.29, 0.717) is 63.2 Å². The number of halogens is 3. The van der Waals surface area contributed by atoms with Crippen molar-refractivity contribution in [2.24, 2.45) is 5.41 Å². The summed E-state index contributed by atoms with van der Waals surface area (Å²) in [5, 5.41) is 22.6. The molecule has 0 saturated carbocycles. The predicted octanol–water partition coefficient (Wildman–Crippen LogP) is 4.67. The molecule has 0 radical (unpaired) electrons. The molecule has 6 nitrogen and oxygen atoms in total. The molecule has 1 fully saturated rings.